The number of nitrogens with one attached hydrogen (secondary N) is 1. The summed E-state index contributed by atoms with van der Waals surface area (Å²) in [5, 5.41) is 2.87. The molecular formula is C20H24N4O2. The lowest BCUT2D eigenvalue weighted by atomic mass is 10.00. The van der Waals surface area contributed by atoms with E-state index in [-0.39, 0.29) is 5.91 Å². The van der Waals surface area contributed by atoms with Crippen LogP contribution in [-0.4, -0.2) is 35.1 Å². The van der Waals surface area contributed by atoms with E-state index in [1.165, 1.54) is 12.8 Å². The summed E-state index contributed by atoms with van der Waals surface area (Å²) >= 11 is 0. The number of carbonyl (C=O) groups is 1. The van der Waals surface area contributed by atoms with Crippen molar-refractivity contribution in [2.45, 2.75) is 38.7 Å². The zero-order valence-corrected chi connectivity index (χ0v) is 15.0. The average Bonchev–Trinajstić information content (AvgIpc) is 2.69. The summed E-state index contributed by atoms with van der Waals surface area (Å²) < 4.78 is 5.83. The molecule has 3 heterocycles. The molecule has 26 heavy (non-hydrogen) atoms. The van der Waals surface area contributed by atoms with Gasteiger partial charge < -0.3 is 15.0 Å². The van der Waals surface area contributed by atoms with Gasteiger partial charge in [-0.25, -0.2) is 9.97 Å². The smallest absolute Gasteiger partial charge is 0.265 e. The molecule has 1 N–H and O–H groups in total. The highest BCUT2D eigenvalue weighted by molar-refractivity contribution is 5.94. The number of aryl methyl sites for hydroxylation is 1. The first-order valence-electron chi connectivity index (χ1n) is 9.31. The Morgan fingerprint density at radius 3 is 2.65 bits per heavy atom. The largest absolute Gasteiger partial charge is 0.480 e. The number of para-hydroxylation sites is 1. The van der Waals surface area contributed by atoms with E-state index in [0.717, 1.165) is 42.7 Å². The highest BCUT2D eigenvalue weighted by atomic mass is 16.5. The fraction of sp³-hybridized carbons (Fsp3) is 0.450. The van der Waals surface area contributed by atoms with Gasteiger partial charge in [-0.05, 0) is 43.2 Å². The summed E-state index contributed by atoms with van der Waals surface area (Å²) in [5.41, 5.74) is 1.76. The monoisotopic (exact) mass is 352 g/mol. The molecular weight excluding hydrogens is 328 g/mol. The first kappa shape index (κ1) is 16.8. The van der Waals surface area contributed by atoms with Crippen molar-refractivity contribution in [3.05, 3.63) is 42.2 Å². The molecule has 2 aromatic rings. The van der Waals surface area contributed by atoms with Gasteiger partial charge in [-0.1, -0.05) is 25.1 Å². The summed E-state index contributed by atoms with van der Waals surface area (Å²) in [6.45, 7) is 4.26. The van der Waals surface area contributed by atoms with Crippen LogP contribution < -0.4 is 15.0 Å². The molecule has 0 radical (unpaired) electrons. The highest BCUT2D eigenvalue weighted by Crippen LogP contribution is 2.27. The van der Waals surface area contributed by atoms with Crippen molar-refractivity contribution in [2.75, 3.05) is 23.3 Å². The molecule has 0 aliphatic carbocycles. The Labute approximate surface area is 153 Å². The van der Waals surface area contributed by atoms with E-state index < -0.39 is 6.10 Å². The highest BCUT2D eigenvalue weighted by Gasteiger charge is 2.26. The van der Waals surface area contributed by atoms with E-state index in [1.54, 1.807) is 12.4 Å². The Balaban J connectivity index is 1.36. The van der Waals surface area contributed by atoms with Crippen LogP contribution in [0.1, 0.15) is 31.7 Å². The first-order valence-corrected chi connectivity index (χ1v) is 9.31. The van der Waals surface area contributed by atoms with Gasteiger partial charge in [-0.15, -0.1) is 0 Å². The number of hydrogen-bond donors (Lipinski definition) is 1. The van der Waals surface area contributed by atoms with E-state index in [9.17, 15) is 4.79 Å². The van der Waals surface area contributed by atoms with Gasteiger partial charge in [0.15, 0.2) is 6.10 Å². The maximum atomic E-state index is 12.5. The van der Waals surface area contributed by atoms with Crippen LogP contribution in [0.25, 0.3) is 0 Å². The van der Waals surface area contributed by atoms with Crippen LogP contribution in [0.15, 0.2) is 36.7 Å². The molecule has 6 heteroatoms. The third kappa shape index (κ3) is 3.64. The van der Waals surface area contributed by atoms with Crippen molar-refractivity contribution >= 4 is 17.5 Å². The summed E-state index contributed by atoms with van der Waals surface area (Å²) in [5.74, 6) is 2.15. The van der Waals surface area contributed by atoms with E-state index >= 15 is 0 Å². The quantitative estimate of drug-likeness (QED) is 0.920. The molecule has 2 aliphatic rings. The second-order valence-corrected chi connectivity index (χ2v) is 7.18. The van der Waals surface area contributed by atoms with Crippen molar-refractivity contribution in [3.8, 4) is 5.75 Å². The maximum absolute atomic E-state index is 12.5. The number of aromatic nitrogens is 2. The maximum Gasteiger partial charge on any atom is 0.265 e. The number of carbonyl (C=O) groups excluding carboxylic acids is 1. The molecule has 0 bridgehead atoms. The molecule has 0 spiro atoms. The van der Waals surface area contributed by atoms with Crippen LogP contribution in [0.3, 0.4) is 0 Å². The van der Waals surface area contributed by atoms with Crippen LogP contribution in [0.4, 0.5) is 11.6 Å². The van der Waals surface area contributed by atoms with Crippen LogP contribution in [0.5, 0.6) is 5.75 Å². The van der Waals surface area contributed by atoms with E-state index in [1.807, 2.05) is 24.3 Å². The van der Waals surface area contributed by atoms with Crippen LogP contribution in [0.2, 0.25) is 0 Å². The van der Waals surface area contributed by atoms with Gasteiger partial charge >= 0.3 is 0 Å². The Hall–Kier alpha value is -2.63. The standard InChI is InChI=1S/C20H24N4O2/c1-14-8-10-24(11-9-14)20-21-12-16(13-22-20)23-19(25)18-7-6-15-4-2-3-5-17(15)26-18/h2-5,12-14,18H,6-11H2,1H3,(H,23,25). The topological polar surface area (TPSA) is 67.4 Å². The van der Waals surface area contributed by atoms with Crippen molar-refractivity contribution in [1.29, 1.82) is 0 Å². The van der Waals surface area contributed by atoms with Crippen molar-refractivity contribution in [2.24, 2.45) is 5.92 Å². The van der Waals surface area contributed by atoms with Crippen LogP contribution in [0, 0.1) is 5.92 Å². The van der Waals surface area contributed by atoms with Crippen molar-refractivity contribution in [3.63, 3.8) is 0 Å². The number of rotatable bonds is 3. The zero-order valence-electron chi connectivity index (χ0n) is 15.0. The lowest BCUT2D eigenvalue weighted by Crippen LogP contribution is -2.36. The van der Waals surface area contributed by atoms with Gasteiger partial charge in [-0.2, -0.15) is 0 Å². The molecule has 136 valence electrons. The zero-order chi connectivity index (χ0) is 17.9. The normalized spacial score (nSPS) is 20.2. The molecule has 2 aliphatic heterocycles. The van der Waals surface area contributed by atoms with Crippen LogP contribution in [-0.2, 0) is 11.2 Å². The molecule has 1 atom stereocenters. The third-order valence-electron chi connectivity index (χ3n) is 5.18. The molecule has 1 amide bonds. The summed E-state index contributed by atoms with van der Waals surface area (Å²) in [7, 11) is 0. The average molecular weight is 352 g/mol. The molecule has 1 aromatic carbocycles. The Bertz CT molecular complexity index is 770. The fourth-order valence-corrected chi connectivity index (χ4v) is 3.49. The minimum atomic E-state index is -0.479. The minimum absolute atomic E-state index is 0.150. The number of ether oxygens (including phenoxy) is 1. The predicted octanol–water partition coefficient (Wildman–Crippen LogP) is 3.05. The number of nitrogens with zero attached hydrogens (tertiary/aromatic N) is 3. The molecule has 0 saturated carbocycles. The van der Waals surface area contributed by atoms with Gasteiger partial charge in [-0.3, -0.25) is 4.79 Å². The molecule has 6 nitrogen and oxygen atoms in total. The number of hydrogen-bond acceptors (Lipinski definition) is 5. The molecule has 4 rings (SSSR count). The van der Waals surface area contributed by atoms with Gasteiger partial charge in [0.05, 0.1) is 18.1 Å². The van der Waals surface area contributed by atoms with Crippen molar-refractivity contribution < 1.29 is 9.53 Å². The summed E-state index contributed by atoms with van der Waals surface area (Å²) in [6.07, 6.45) is 6.73. The lowest BCUT2D eigenvalue weighted by molar-refractivity contribution is -0.123. The minimum Gasteiger partial charge on any atom is -0.480 e. The van der Waals surface area contributed by atoms with Crippen LogP contribution >= 0.6 is 0 Å². The SMILES string of the molecule is CC1CCN(c2ncc(NC(=O)C3CCc4ccccc4O3)cn2)CC1. The number of fused-ring (bicyclic) bond motifs is 1. The molecule has 1 fully saturated rings. The Morgan fingerprint density at radius 1 is 1.15 bits per heavy atom. The van der Waals surface area contributed by atoms with Gasteiger partial charge in [0.1, 0.15) is 5.75 Å². The molecule has 1 aromatic heterocycles. The molecule has 1 unspecified atom stereocenters. The fourth-order valence-electron chi connectivity index (χ4n) is 3.49. The number of piperidine rings is 1. The summed E-state index contributed by atoms with van der Waals surface area (Å²) in [4.78, 5) is 23.5. The second-order valence-electron chi connectivity index (χ2n) is 7.18. The molecule has 1 saturated heterocycles. The van der Waals surface area contributed by atoms with Gasteiger partial charge in [0.2, 0.25) is 5.95 Å². The number of amides is 1. The first-order chi connectivity index (χ1) is 12.7. The second kappa shape index (κ2) is 7.32. The third-order valence-corrected chi connectivity index (χ3v) is 5.18. The van der Waals surface area contributed by atoms with Gasteiger partial charge in [0.25, 0.3) is 5.91 Å². The van der Waals surface area contributed by atoms with Crippen molar-refractivity contribution in [1.82, 2.24) is 9.97 Å². The van der Waals surface area contributed by atoms with Gasteiger partial charge in [0, 0.05) is 13.1 Å². The predicted molar refractivity (Wildman–Crippen MR) is 100 cm³/mol. The van der Waals surface area contributed by atoms with E-state index in [4.69, 9.17) is 4.74 Å². The van der Waals surface area contributed by atoms with E-state index in [0.29, 0.717) is 12.1 Å². The summed E-state index contributed by atoms with van der Waals surface area (Å²) in [6, 6.07) is 7.86. The lowest BCUT2D eigenvalue weighted by Gasteiger charge is -2.30. The Kier molecular flexibility index (Phi) is 4.73. The Morgan fingerprint density at radius 2 is 1.88 bits per heavy atom. The number of anilines is 2. The van der Waals surface area contributed by atoms with E-state index in [2.05, 4.69) is 27.1 Å². The number of benzene rings is 1.